The van der Waals surface area contributed by atoms with E-state index in [4.69, 9.17) is 16.1 Å². The summed E-state index contributed by atoms with van der Waals surface area (Å²) in [5.74, 6) is -0.602. The highest BCUT2D eigenvalue weighted by molar-refractivity contribution is 6.34. The Labute approximate surface area is 234 Å². The number of fused-ring (bicyclic) bond motifs is 1. The van der Waals surface area contributed by atoms with Crippen LogP contribution in [0.1, 0.15) is 38.1 Å². The second kappa shape index (κ2) is 10.4. The van der Waals surface area contributed by atoms with Crippen molar-refractivity contribution in [3.63, 3.8) is 0 Å². The van der Waals surface area contributed by atoms with Crippen LogP contribution in [-0.2, 0) is 4.79 Å². The fourth-order valence-electron chi connectivity index (χ4n) is 5.08. The quantitative estimate of drug-likeness (QED) is 0.349. The van der Waals surface area contributed by atoms with Gasteiger partial charge in [0.2, 0.25) is 5.91 Å². The van der Waals surface area contributed by atoms with Gasteiger partial charge in [-0.05, 0) is 38.1 Å². The first-order chi connectivity index (χ1) is 19.0. The summed E-state index contributed by atoms with van der Waals surface area (Å²) in [7, 11) is 0. The molecule has 1 N–H and O–H groups in total. The molecule has 5 rings (SSSR count). The van der Waals surface area contributed by atoms with Crippen LogP contribution in [0, 0.1) is 12.7 Å². The number of hydrogen-bond donors (Lipinski definition) is 1. The van der Waals surface area contributed by atoms with Crippen molar-refractivity contribution in [2.75, 3.05) is 24.5 Å². The summed E-state index contributed by atoms with van der Waals surface area (Å²) in [6.07, 6.45) is 1.27. The van der Waals surface area contributed by atoms with E-state index in [1.807, 2.05) is 25.7 Å². The molecule has 10 nitrogen and oxygen atoms in total. The second-order valence-electron chi connectivity index (χ2n) is 10.0. The number of carbonyl (C=O) groups excluding carboxylic acids is 1. The number of halogens is 2. The molecule has 40 heavy (non-hydrogen) atoms. The lowest BCUT2D eigenvalue weighted by Crippen LogP contribution is -2.54. The number of aromatic hydroxyl groups is 1. The molecule has 1 aliphatic heterocycles. The Morgan fingerprint density at radius 3 is 2.70 bits per heavy atom. The van der Waals surface area contributed by atoms with E-state index in [-0.39, 0.29) is 45.5 Å². The average molecular weight is 567 g/mol. The molecule has 1 amide bonds. The summed E-state index contributed by atoms with van der Waals surface area (Å²) in [5, 5.41) is 15.1. The molecule has 4 heterocycles. The van der Waals surface area contributed by atoms with Crippen LogP contribution in [0.2, 0.25) is 5.02 Å². The van der Waals surface area contributed by atoms with Gasteiger partial charge in [-0.25, -0.2) is 18.7 Å². The van der Waals surface area contributed by atoms with Crippen molar-refractivity contribution in [2.45, 2.75) is 39.7 Å². The van der Waals surface area contributed by atoms with E-state index < -0.39 is 11.5 Å². The van der Waals surface area contributed by atoms with Gasteiger partial charge < -0.3 is 19.4 Å². The van der Waals surface area contributed by atoms with Crippen molar-refractivity contribution in [1.29, 1.82) is 0 Å². The van der Waals surface area contributed by atoms with Gasteiger partial charge in [-0.1, -0.05) is 43.3 Å². The molecule has 0 bridgehead atoms. The van der Waals surface area contributed by atoms with Crippen molar-refractivity contribution in [1.82, 2.24) is 24.6 Å². The summed E-state index contributed by atoms with van der Waals surface area (Å²) >= 11 is 6.67. The highest BCUT2D eigenvalue weighted by Crippen LogP contribution is 2.39. The Balaban J connectivity index is 1.81. The van der Waals surface area contributed by atoms with Crippen LogP contribution in [0.4, 0.5) is 10.2 Å². The van der Waals surface area contributed by atoms with Crippen LogP contribution in [0.25, 0.3) is 28.0 Å². The fraction of sp³-hybridized carbons (Fsp3) is 0.321. The lowest BCUT2D eigenvalue weighted by atomic mass is 10.1. The minimum Gasteiger partial charge on any atom is -0.507 e. The first kappa shape index (κ1) is 27.3. The van der Waals surface area contributed by atoms with Crippen LogP contribution in [0.5, 0.6) is 5.75 Å². The zero-order valence-electron chi connectivity index (χ0n) is 22.5. The molecule has 0 saturated carbocycles. The molecule has 0 unspecified atom stereocenters. The van der Waals surface area contributed by atoms with Gasteiger partial charge in [0, 0.05) is 31.6 Å². The van der Waals surface area contributed by atoms with Gasteiger partial charge in [0.25, 0.3) is 0 Å². The van der Waals surface area contributed by atoms with E-state index in [0.29, 0.717) is 48.0 Å². The van der Waals surface area contributed by atoms with Crippen LogP contribution < -0.4 is 10.6 Å². The molecule has 12 heteroatoms. The topological polar surface area (TPSA) is 118 Å². The van der Waals surface area contributed by atoms with Crippen molar-refractivity contribution in [3.05, 3.63) is 69.7 Å². The van der Waals surface area contributed by atoms with Crippen LogP contribution in [-0.4, -0.2) is 61.3 Å². The molecule has 1 saturated heterocycles. The zero-order chi connectivity index (χ0) is 28.9. The number of phenolic OH excluding ortho intramolecular Hbond substituents is 1. The van der Waals surface area contributed by atoms with Crippen molar-refractivity contribution in [2.24, 2.45) is 0 Å². The lowest BCUT2D eigenvalue weighted by Gasteiger charge is -2.40. The molecule has 1 aromatic carbocycles. The molecule has 0 radical (unpaired) electrons. The zero-order valence-corrected chi connectivity index (χ0v) is 23.2. The monoisotopic (exact) mass is 566 g/mol. The maximum absolute atomic E-state index is 14.9. The smallest absolute Gasteiger partial charge is 0.356 e. The minimum absolute atomic E-state index is 0.0373. The summed E-state index contributed by atoms with van der Waals surface area (Å²) < 4.78 is 21.8. The van der Waals surface area contributed by atoms with Crippen LogP contribution in [0.3, 0.4) is 0 Å². The molecule has 1 aliphatic rings. The third-order valence-electron chi connectivity index (χ3n) is 7.02. The van der Waals surface area contributed by atoms with Gasteiger partial charge in [0.1, 0.15) is 28.8 Å². The predicted octanol–water partition coefficient (Wildman–Crippen LogP) is 4.59. The van der Waals surface area contributed by atoms with Gasteiger partial charge in [-0.2, -0.15) is 4.98 Å². The first-order valence-corrected chi connectivity index (χ1v) is 13.2. The van der Waals surface area contributed by atoms with Gasteiger partial charge in [0.15, 0.2) is 11.4 Å². The Bertz CT molecular complexity index is 1700. The number of anilines is 1. The van der Waals surface area contributed by atoms with E-state index in [1.165, 1.54) is 28.8 Å². The highest BCUT2D eigenvalue weighted by Gasteiger charge is 2.31. The Morgan fingerprint density at radius 2 is 2.05 bits per heavy atom. The fourth-order valence-corrected chi connectivity index (χ4v) is 5.33. The van der Waals surface area contributed by atoms with Gasteiger partial charge in [0.05, 0.1) is 21.7 Å². The number of pyridine rings is 1. The van der Waals surface area contributed by atoms with E-state index in [0.717, 1.165) is 0 Å². The number of aromatic nitrogens is 4. The molecule has 4 aromatic rings. The number of rotatable bonds is 5. The van der Waals surface area contributed by atoms with E-state index in [1.54, 1.807) is 17.9 Å². The highest BCUT2D eigenvalue weighted by atomic mass is 35.5. The minimum atomic E-state index is -0.724. The number of nitrogens with zero attached hydrogens (tertiary/aromatic N) is 6. The first-order valence-electron chi connectivity index (χ1n) is 12.8. The molecule has 1 fully saturated rings. The number of hydrogen-bond acceptors (Lipinski definition) is 8. The summed E-state index contributed by atoms with van der Waals surface area (Å²) in [5.41, 5.74) is 0.0937. The summed E-state index contributed by atoms with van der Waals surface area (Å²) in [4.78, 5) is 38.7. The van der Waals surface area contributed by atoms with Crippen molar-refractivity contribution >= 4 is 34.4 Å². The molecule has 0 spiro atoms. The van der Waals surface area contributed by atoms with Gasteiger partial charge in [-0.15, -0.1) is 0 Å². The molecule has 1 atom stereocenters. The Kier molecular flexibility index (Phi) is 7.09. The third kappa shape index (κ3) is 4.49. The second-order valence-corrected chi connectivity index (χ2v) is 10.5. The third-order valence-corrected chi connectivity index (χ3v) is 7.31. The number of benzene rings is 1. The van der Waals surface area contributed by atoms with Crippen LogP contribution >= 0.6 is 11.6 Å². The number of amides is 1. The number of carbonyl (C=O) groups is 1. The van der Waals surface area contributed by atoms with Crippen molar-refractivity contribution < 1.29 is 18.8 Å². The van der Waals surface area contributed by atoms with Gasteiger partial charge >= 0.3 is 5.69 Å². The molecular weight excluding hydrogens is 539 g/mol. The maximum Gasteiger partial charge on any atom is 0.356 e. The summed E-state index contributed by atoms with van der Waals surface area (Å²) in [6.45, 7) is 12.2. The molecular formula is C28H28ClFN6O4. The Morgan fingerprint density at radius 1 is 1.30 bits per heavy atom. The average Bonchev–Trinajstić information content (AvgIpc) is 3.29. The lowest BCUT2D eigenvalue weighted by molar-refractivity contribution is -0.126. The predicted molar refractivity (Wildman–Crippen MR) is 150 cm³/mol. The van der Waals surface area contributed by atoms with E-state index in [2.05, 4.69) is 21.7 Å². The number of phenols is 1. The maximum atomic E-state index is 14.9. The molecule has 208 valence electrons. The van der Waals surface area contributed by atoms with E-state index >= 15 is 0 Å². The van der Waals surface area contributed by atoms with Crippen LogP contribution in [0.15, 0.2) is 46.2 Å². The number of aryl methyl sites for hydroxylation is 1. The Hall–Kier alpha value is -4.25. The molecule has 3 aromatic heterocycles. The number of piperazine rings is 1. The SMILES string of the molecule is C=CC(=O)N1CCN(c2nc(=O)n(-c3c(C)noc3C(C)C)c3nc(-c4c(O)cccc4F)c(Cl)cc23)[C@@H](C)C1. The van der Waals surface area contributed by atoms with E-state index in [9.17, 15) is 19.1 Å². The normalized spacial score (nSPS) is 15.7. The largest absolute Gasteiger partial charge is 0.507 e. The van der Waals surface area contributed by atoms with Crippen molar-refractivity contribution in [3.8, 4) is 22.7 Å². The van der Waals surface area contributed by atoms with Gasteiger partial charge in [-0.3, -0.25) is 4.79 Å². The molecule has 0 aliphatic carbocycles. The standard InChI is InChI=1S/C28H28ClFN6O4/c1-6-21(38)34-10-11-35(15(4)13-34)26-17-12-18(29)23(22-19(30)8-7-9-20(22)37)31-27(17)36(28(39)32-26)24-16(5)33-40-25(24)14(2)3/h6-9,12,14-15,37H,1,10-11,13H2,2-5H3/t15-/m0/s1. The summed E-state index contributed by atoms with van der Waals surface area (Å²) in [6, 6.07) is 5.25.